The first-order valence-corrected chi connectivity index (χ1v) is 6.73. The summed E-state index contributed by atoms with van der Waals surface area (Å²) in [7, 11) is 0. The van der Waals surface area contributed by atoms with Gasteiger partial charge in [-0.05, 0) is 29.8 Å². The van der Waals surface area contributed by atoms with Gasteiger partial charge in [0.05, 0.1) is 11.6 Å². The molecule has 2 aromatic carbocycles. The molecule has 0 amide bonds. The first kappa shape index (κ1) is 13.9. The molecule has 0 fully saturated rings. The average Bonchev–Trinajstić information content (AvgIpc) is 2.39. The van der Waals surface area contributed by atoms with E-state index < -0.39 is 11.6 Å². The second-order valence-electron chi connectivity index (χ2n) is 3.78. The van der Waals surface area contributed by atoms with Gasteiger partial charge in [0.2, 0.25) is 0 Å². The van der Waals surface area contributed by atoms with Crippen LogP contribution in [0.5, 0.6) is 0 Å². The lowest BCUT2D eigenvalue weighted by molar-refractivity contribution is 0.565. The van der Waals surface area contributed by atoms with E-state index in [1.807, 2.05) is 6.07 Å². The number of nitriles is 1. The Morgan fingerprint density at radius 3 is 2.58 bits per heavy atom. The van der Waals surface area contributed by atoms with Crippen molar-refractivity contribution in [1.29, 1.82) is 5.26 Å². The average molecular weight is 296 g/mol. The van der Waals surface area contributed by atoms with Gasteiger partial charge in [0, 0.05) is 21.7 Å². The molecular formula is C14H8ClF2NS. The zero-order valence-electron chi connectivity index (χ0n) is 9.66. The number of nitrogens with zero attached hydrogens (tertiary/aromatic N) is 1. The van der Waals surface area contributed by atoms with Gasteiger partial charge < -0.3 is 0 Å². The van der Waals surface area contributed by atoms with E-state index in [2.05, 4.69) is 0 Å². The van der Waals surface area contributed by atoms with Crippen LogP contribution in [0, 0.1) is 23.0 Å². The minimum atomic E-state index is -0.599. The van der Waals surface area contributed by atoms with E-state index in [1.165, 1.54) is 23.9 Å². The molecule has 1 nitrogen and oxygen atoms in total. The van der Waals surface area contributed by atoms with E-state index in [-0.39, 0.29) is 0 Å². The zero-order valence-corrected chi connectivity index (χ0v) is 11.2. The summed E-state index contributed by atoms with van der Waals surface area (Å²) in [4.78, 5) is 0.363. The molecule has 0 radical (unpaired) electrons. The number of thioether (sulfide) groups is 1. The lowest BCUT2D eigenvalue weighted by atomic mass is 10.2. The van der Waals surface area contributed by atoms with Crippen LogP contribution in [-0.2, 0) is 5.75 Å². The van der Waals surface area contributed by atoms with Crippen LogP contribution < -0.4 is 0 Å². The minimum absolute atomic E-state index is 0.363. The third-order valence-corrected chi connectivity index (χ3v) is 3.91. The summed E-state index contributed by atoms with van der Waals surface area (Å²) >= 11 is 7.25. The van der Waals surface area contributed by atoms with Crippen LogP contribution >= 0.6 is 23.4 Å². The summed E-state index contributed by atoms with van der Waals surface area (Å²) in [5, 5.41) is 9.19. The van der Waals surface area contributed by atoms with E-state index in [0.717, 1.165) is 11.6 Å². The maximum Gasteiger partial charge on any atom is 0.139 e. The molecule has 0 spiro atoms. The Bertz CT molecular complexity index is 652. The van der Waals surface area contributed by atoms with Gasteiger partial charge in [0.1, 0.15) is 11.6 Å². The normalized spacial score (nSPS) is 10.2. The van der Waals surface area contributed by atoms with Crippen LogP contribution in [0.3, 0.4) is 0 Å². The van der Waals surface area contributed by atoms with Crippen LogP contribution in [0.1, 0.15) is 11.1 Å². The quantitative estimate of drug-likeness (QED) is 0.761. The standard InChI is InChI=1S/C14H8ClF2NS/c15-12-5-9(7-18)1-2-10(12)8-19-14-4-3-11(16)6-13(14)17/h1-6H,8H2. The highest BCUT2D eigenvalue weighted by atomic mass is 35.5. The summed E-state index contributed by atoms with van der Waals surface area (Å²) < 4.78 is 26.2. The molecule has 5 heteroatoms. The predicted octanol–water partition coefficient (Wildman–Crippen LogP) is 4.78. The maximum atomic E-state index is 13.4. The Balaban J connectivity index is 2.13. The topological polar surface area (TPSA) is 23.8 Å². The fourth-order valence-electron chi connectivity index (χ4n) is 1.48. The second-order valence-corrected chi connectivity index (χ2v) is 5.21. The molecule has 96 valence electrons. The van der Waals surface area contributed by atoms with Gasteiger partial charge >= 0.3 is 0 Å². The molecule has 0 bridgehead atoms. The van der Waals surface area contributed by atoms with Crippen molar-refractivity contribution in [2.75, 3.05) is 0 Å². The van der Waals surface area contributed by atoms with Crippen molar-refractivity contribution in [1.82, 2.24) is 0 Å². The Hall–Kier alpha value is -1.57. The minimum Gasteiger partial charge on any atom is -0.207 e. The first-order chi connectivity index (χ1) is 9.10. The van der Waals surface area contributed by atoms with Crippen molar-refractivity contribution >= 4 is 23.4 Å². The van der Waals surface area contributed by atoms with Crippen molar-refractivity contribution < 1.29 is 8.78 Å². The maximum absolute atomic E-state index is 13.4. The highest BCUT2D eigenvalue weighted by molar-refractivity contribution is 7.98. The molecular weight excluding hydrogens is 288 g/mol. The molecule has 0 unspecified atom stereocenters. The van der Waals surface area contributed by atoms with E-state index in [9.17, 15) is 8.78 Å². The van der Waals surface area contributed by atoms with Crippen LogP contribution in [0.25, 0.3) is 0 Å². The van der Waals surface area contributed by atoms with Crippen molar-refractivity contribution in [2.24, 2.45) is 0 Å². The van der Waals surface area contributed by atoms with Crippen molar-refractivity contribution in [3.63, 3.8) is 0 Å². The van der Waals surface area contributed by atoms with E-state index in [4.69, 9.17) is 16.9 Å². The van der Waals surface area contributed by atoms with Crippen molar-refractivity contribution in [3.05, 3.63) is 64.2 Å². The van der Waals surface area contributed by atoms with Gasteiger partial charge in [-0.25, -0.2) is 8.78 Å². The van der Waals surface area contributed by atoms with E-state index >= 15 is 0 Å². The number of benzene rings is 2. The SMILES string of the molecule is N#Cc1ccc(CSc2ccc(F)cc2F)c(Cl)c1. The third kappa shape index (κ3) is 3.46. The number of hydrogen-bond acceptors (Lipinski definition) is 2. The van der Waals surface area contributed by atoms with Gasteiger partial charge in [0.15, 0.2) is 0 Å². The molecule has 0 N–H and O–H groups in total. The lowest BCUT2D eigenvalue weighted by Crippen LogP contribution is -1.87. The van der Waals surface area contributed by atoms with E-state index in [0.29, 0.717) is 21.2 Å². The highest BCUT2D eigenvalue weighted by Gasteiger charge is 2.07. The van der Waals surface area contributed by atoms with Crippen LogP contribution in [0.4, 0.5) is 8.78 Å². The highest BCUT2D eigenvalue weighted by Crippen LogP contribution is 2.29. The summed E-state index contributed by atoms with van der Waals surface area (Å²) in [5.41, 5.74) is 1.28. The lowest BCUT2D eigenvalue weighted by Gasteiger charge is -2.05. The summed E-state index contributed by atoms with van der Waals surface area (Å²) in [6, 6.07) is 10.4. The molecule has 0 aromatic heterocycles. The molecule has 0 saturated heterocycles. The number of rotatable bonds is 3. The summed E-state index contributed by atoms with van der Waals surface area (Å²) in [6.45, 7) is 0. The Morgan fingerprint density at radius 1 is 1.16 bits per heavy atom. The van der Waals surface area contributed by atoms with E-state index in [1.54, 1.807) is 18.2 Å². The molecule has 2 rings (SSSR count). The van der Waals surface area contributed by atoms with Crippen LogP contribution in [-0.4, -0.2) is 0 Å². The Kier molecular flexibility index (Phi) is 4.41. The summed E-state index contributed by atoms with van der Waals surface area (Å²) in [5.74, 6) is -0.736. The molecule has 0 saturated carbocycles. The largest absolute Gasteiger partial charge is 0.207 e. The van der Waals surface area contributed by atoms with Gasteiger partial charge in [-0.15, -0.1) is 11.8 Å². The van der Waals surface area contributed by atoms with Crippen molar-refractivity contribution in [2.45, 2.75) is 10.6 Å². The first-order valence-electron chi connectivity index (χ1n) is 5.36. The molecule has 0 heterocycles. The van der Waals surface area contributed by atoms with Crippen molar-refractivity contribution in [3.8, 4) is 6.07 Å². The smallest absolute Gasteiger partial charge is 0.139 e. The Labute approximate surface area is 118 Å². The number of halogens is 3. The van der Waals surface area contributed by atoms with Gasteiger partial charge in [0.25, 0.3) is 0 Å². The molecule has 2 aromatic rings. The molecule has 0 aliphatic rings. The summed E-state index contributed by atoms with van der Waals surface area (Å²) in [6.07, 6.45) is 0. The van der Waals surface area contributed by atoms with Gasteiger partial charge in [-0.1, -0.05) is 17.7 Å². The zero-order chi connectivity index (χ0) is 13.8. The number of hydrogen-bond donors (Lipinski definition) is 0. The second kappa shape index (κ2) is 6.05. The van der Waals surface area contributed by atoms with Crippen LogP contribution in [0.2, 0.25) is 5.02 Å². The monoisotopic (exact) mass is 295 g/mol. The van der Waals surface area contributed by atoms with Gasteiger partial charge in [-0.2, -0.15) is 5.26 Å². The fourth-order valence-corrected chi connectivity index (χ4v) is 2.73. The molecule has 0 aliphatic heterocycles. The molecule has 0 atom stereocenters. The predicted molar refractivity (Wildman–Crippen MR) is 72.1 cm³/mol. The third-order valence-electron chi connectivity index (χ3n) is 2.46. The fraction of sp³-hybridized carbons (Fsp3) is 0.0714. The van der Waals surface area contributed by atoms with Crippen LogP contribution in [0.15, 0.2) is 41.3 Å². The molecule has 0 aliphatic carbocycles. The van der Waals surface area contributed by atoms with Gasteiger partial charge in [-0.3, -0.25) is 0 Å². The Morgan fingerprint density at radius 2 is 1.95 bits per heavy atom. The molecule has 19 heavy (non-hydrogen) atoms.